The Balaban J connectivity index is 1.89. The molecule has 3 rings (SSSR count). The molecule has 2 nitrogen and oxygen atoms in total. The molecule has 0 aliphatic carbocycles. The van der Waals surface area contributed by atoms with E-state index in [9.17, 15) is 0 Å². The second-order valence-corrected chi connectivity index (χ2v) is 5.31. The second-order valence-electron chi connectivity index (χ2n) is 4.46. The molecule has 92 valence electrons. The summed E-state index contributed by atoms with van der Waals surface area (Å²) >= 11 is 3.62. The van der Waals surface area contributed by atoms with E-state index in [1.165, 1.54) is 21.4 Å². The Morgan fingerprint density at radius 3 is 2.72 bits per heavy atom. The molecule has 2 aromatic carbocycles. The third-order valence-electron chi connectivity index (χ3n) is 3.26. The van der Waals surface area contributed by atoms with Crippen LogP contribution in [0.2, 0.25) is 0 Å². The van der Waals surface area contributed by atoms with Gasteiger partial charge in [0.2, 0.25) is 0 Å². The number of para-hydroxylation sites is 2. The molecule has 0 unspecified atom stereocenters. The van der Waals surface area contributed by atoms with Crippen molar-refractivity contribution in [3.05, 3.63) is 58.6 Å². The van der Waals surface area contributed by atoms with Crippen molar-refractivity contribution in [1.82, 2.24) is 0 Å². The molecule has 0 spiro atoms. The Morgan fingerprint density at radius 2 is 1.83 bits per heavy atom. The number of hydrogen-bond acceptors (Lipinski definition) is 2. The normalized spacial score (nSPS) is 13.9. The molecule has 0 amide bonds. The van der Waals surface area contributed by atoms with Crippen LogP contribution in [0.3, 0.4) is 0 Å². The number of hydrogen-bond donors (Lipinski definition) is 1. The molecule has 0 fully saturated rings. The van der Waals surface area contributed by atoms with E-state index < -0.39 is 0 Å². The van der Waals surface area contributed by atoms with Crippen LogP contribution >= 0.6 is 15.9 Å². The van der Waals surface area contributed by atoms with Gasteiger partial charge in [-0.05, 0) is 23.8 Å². The fraction of sp³-hybridized carbons (Fsp3) is 0.200. The van der Waals surface area contributed by atoms with Crippen molar-refractivity contribution >= 4 is 27.3 Å². The lowest BCUT2D eigenvalue weighted by atomic mass is 10.1. The molecule has 1 aliphatic heterocycles. The smallest absolute Gasteiger partial charge is 0.0605 e. The van der Waals surface area contributed by atoms with Gasteiger partial charge in [0.1, 0.15) is 0 Å². The highest BCUT2D eigenvalue weighted by Gasteiger charge is 2.16. The fourth-order valence-electron chi connectivity index (χ4n) is 2.34. The van der Waals surface area contributed by atoms with Crippen molar-refractivity contribution in [3.8, 4) is 0 Å². The molecule has 0 atom stereocenters. The quantitative estimate of drug-likeness (QED) is 0.905. The molecule has 1 aliphatic rings. The summed E-state index contributed by atoms with van der Waals surface area (Å²) < 4.78 is 1.18. The maximum Gasteiger partial charge on any atom is 0.0605 e. The van der Waals surface area contributed by atoms with Gasteiger partial charge in [-0.25, -0.2) is 0 Å². The van der Waals surface area contributed by atoms with Gasteiger partial charge in [0.25, 0.3) is 0 Å². The zero-order chi connectivity index (χ0) is 12.4. The van der Waals surface area contributed by atoms with E-state index in [0.717, 1.165) is 19.6 Å². The Bertz CT molecular complexity index is 554. The predicted molar refractivity (Wildman–Crippen MR) is 80.1 cm³/mol. The molecule has 0 aromatic heterocycles. The predicted octanol–water partition coefficient (Wildman–Crippen LogP) is 3.88. The van der Waals surface area contributed by atoms with E-state index in [4.69, 9.17) is 0 Å². The van der Waals surface area contributed by atoms with Gasteiger partial charge in [-0.2, -0.15) is 0 Å². The lowest BCUT2D eigenvalue weighted by molar-refractivity contribution is 0.785. The van der Waals surface area contributed by atoms with Gasteiger partial charge in [0.15, 0.2) is 0 Å². The molecule has 18 heavy (non-hydrogen) atoms. The maximum absolute atomic E-state index is 3.62. The second kappa shape index (κ2) is 5.02. The van der Waals surface area contributed by atoms with Gasteiger partial charge in [0.05, 0.1) is 11.4 Å². The summed E-state index contributed by atoms with van der Waals surface area (Å²) in [7, 11) is 0. The average Bonchev–Trinajstić information content (AvgIpc) is 2.42. The van der Waals surface area contributed by atoms with Crippen LogP contribution in [-0.4, -0.2) is 13.1 Å². The summed E-state index contributed by atoms with van der Waals surface area (Å²) in [6.07, 6.45) is 0. The zero-order valence-electron chi connectivity index (χ0n) is 10.1. The number of nitrogens with zero attached hydrogens (tertiary/aromatic N) is 1. The first kappa shape index (κ1) is 11.6. The molecule has 0 bridgehead atoms. The first-order valence-corrected chi connectivity index (χ1v) is 6.95. The Kier molecular flexibility index (Phi) is 3.24. The topological polar surface area (TPSA) is 15.3 Å². The summed E-state index contributed by atoms with van der Waals surface area (Å²) in [5, 5.41) is 3.44. The van der Waals surface area contributed by atoms with Gasteiger partial charge < -0.3 is 10.2 Å². The number of nitrogens with one attached hydrogen (secondary N) is 1. The van der Waals surface area contributed by atoms with Crippen LogP contribution in [0.15, 0.2) is 53.0 Å². The molecule has 0 radical (unpaired) electrons. The van der Waals surface area contributed by atoms with Crippen molar-refractivity contribution in [3.63, 3.8) is 0 Å². The monoisotopic (exact) mass is 302 g/mol. The maximum atomic E-state index is 3.62. The highest BCUT2D eigenvalue weighted by atomic mass is 79.9. The number of fused-ring (bicyclic) bond motifs is 1. The fourth-order valence-corrected chi connectivity index (χ4v) is 2.75. The van der Waals surface area contributed by atoms with Crippen molar-refractivity contribution < 1.29 is 0 Å². The number of benzene rings is 2. The standard InChI is InChI=1S/C15H15BrN2/c16-13-6-2-1-5-12(13)11-18-10-9-17-14-7-3-4-8-15(14)18/h1-8,17H,9-11H2. The van der Waals surface area contributed by atoms with Crippen molar-refractivity contribution in [2.24, 2.45) is 0 Å². The highest BCUT2D eigenvalue weighted by molar-refractivity contribution is 9.10. The van der Waals surface area contributed by atoms with Crippen molar-refractivity contribution in [1.29, 1.82) is 0 Å². The van der Waals surface area contributed by atoms with Gasteiger partial charge in [-0.3, -0.25) is 0 Å². The average molecular weight is 303 g/mol. The zero-order valence-corrected chi connectivity index (χ0v) is 11.7. The highest BCUT2D eigenvalue weighted by Crippen LogP contribution is 2.30. The molecule has 1 heterocycles. The van der Waals surface area contributed by atoms with Gasteiger partial charge in [-0.15, -0.1) is 0 Å². The van der Waals surface area contributed by atoms with Gasteiger partial charge in [0, 0.05) is 24.1 Å². The first-order chi connectivity index (χ1) is 8.84. The summed E-state index contributed by atoms with van der Waals surface area (Å²) in [6, 6.07) is 16.9. The molecular weight excluding hydrogens is 288 g/mol. The third kappa shape index (κ3) is 2.23. The number of halogens is 1. The first-order valence-electron chi connectivity index (χ1n) is 6.16. The van der Waals surface area contributed by atoms with E-state index in [2.05, 4.69) is 74.7 Å². The molecule has 3 heteroatoms. The molecule has 1 N–H and O–H groups in total. The minimum Gasteiger partial charge on any atom is -0.382 e. The van der Waals surface area contributed by atoms with Crippen LogP contribution in [0, 0.1) is 0 Å². The van der Waals surface area contributed by atoms with Crippen molar-refractivity contribution in [2.45, 2.75) is 6.54 Å². The van der Waals surface area contributed by atoms with Crippen LogP contribution in [0.25, 0.3) is 0 Å². The SMILES string of the molecule is Brc1ccccc1CN1CCNc2ccccc21. The Hall–Kier alpha value is -1.48. The van der Waals surface area contributed by atoms with E-state index >= 15 is 0 Å². The van der Waals surface area contributed by atoms with Crippen molar-refractivity contribution in [2.75, 3.05) is 23.3 Å². The lowest BCUT2D eigenvalue weighted by Gasteiger charge is -2.32. The van der Waals surface area contributed by atoms with E-state index in [-0.39, 0.29) is 0 Å². The van der Waals surface area contributed by atoms with E-state index in [1.54, 1.807) is 0 Å². The number of rotatable bonds is 2. The Labute approximate surface area is 116 Å². The largest absolute Gasteiger partial charge is 0.382 e. The van der Waals surface area contributed by atoms with Crippen LogP contribution in [-0.2, 0) is 6.54 Å². The van der Waals surface area contributed by atoms with E-state index in [1.807, 2.05) is 0 Å². The molecular formula is C15H15BrN2. The summed E-state index contributed by atoms with van der Waals surface area (Å²) in [5.74, 6) is 0. The van der Waals surface area contributed by atoms with Crippen LogP contribution in [0.5, 0.6) is 0 Å². The summed E-state index contributed by atoms with van der Waals surface area (Å²) in [5.41, 5.74) is 3.85. The molecule has 0 saturated heterocycles. The van der Waals surface area contributed by atoms with E-state index in [0.29, 0.717) is 0 Å². The minimum absolute atomic E-state index is 0.945. The third-order valence-corrected chi connectivity index (χ3v) is 4.03. The van der Waals surface area contributed by atoms with Crippen LogP contribution in [0.1, 0.15) is 5.56 Å². The van der Waals surface area contributed by atoms with Crippen LogP contribution in [0.4, 0.5) is 11.4 Å². The van der Waals surface area contributed by atoms with Crippen LogP contribution < -0.4 is 10.2 Å². The van der Waals surface area contributed by atoms with Gasteiger partial charge in [-0.1, -0.05) is 46.3 Å². The summed E-state index contributed by atoms with van der Waals surface area (Å²) in [4.78, 5) is 2.42. The minimum atomic E-state index is 0.945. The molecule has 2 aromatic rings. The molecule has 0 saturated carbocycles. The lowest BCUT2D eigenvalue weighted by Crippen LogP contribution is -2.33. The summed E-state index contributed by atoms with van der Waals surface area (Å²) in [6.45, 7) is 2.99. The Morgan fingerprint density at radius 1 is 1.06 bits per heavy atom. The number of anilines is 2. The van der Waals surface area contributed by atoms with Gasteiger partial charge >= 0.3 is 0 Å².